The number of nitrogens with two attached hydrogens (primary N) is 1. The minimum atomic E-state index is -0.192. The van der Waals surface area contributed by atoms with Crippen molar-refractivity contribution in [3.63, 3.8) is 0 Å². The topological polar surface area (TPSA) is 72.2 Å². The highest BCUT2D eigenvalue weighted by Gasteiger charge is 2.14. The van der Waals surface area contributed by atoms with E-state index < -0.39 is 0 Å². The molecule has 4 nitrogen and oxygen atoms in total. The van der Waals surface area contributed by atoms with Crippen LogP contribution in [0.5, 0.6) is 0 Å². The van der Waals surface area contributed by atoms with Crippen LogP contribution in [0.1, 0.15) is 41.7 Å². The molecule has 0 saturated carbocycles. The molecular weight excluding hydrogens is 415 g/mol. The maximum atomic E-state index is 12.6. The molecule has 3 rings (SSSR count). The second kappa shape index (κ2) is 11.0. The minimum Gasteiger partial charge on any atom is -0.326 e. The highest BCUT2D eigenvalue weighted by molar-refractivity contribution is 7.34. The third-order valence-corrected chi connectivity index (χ3v) is 6.43. The number of hydrogen-bond donors (Lipinski definition) is 2. The molecule has 0 fully saturated rings. The van der Waals surface area contributed by atoms with Gasteiger partial charge in [0.1, 0.15) is 0 Å². The van der Waals surface area contributed by atoms with Crippen molar-refractivity contribution in [1.29, 1.82) is 0 Å². The molecule has 0 bridgehead atoms. The van der Waals surface area contributed by atoms with Gasteiger partial charge in [0.15, 0.2) is 8.46 Å². The third kappa shape index (κ3) is 5.40. The van der Waals surface area contributed by atoms with Gasteiger partial charge in [-0.2, -0.15) is 0 Å². The number of carbonyl (C=O) groups is 1. The Balaban J connectivity index is 1.79. The molecule has 32 heavy (non-hydrogen) atoms. The van der Waals surface area contributed by atoms with Crippen molar-refractivity contribution < 1.29 is 9.36 Å². The maximum Gasteiger partial charge on any atom is 0.248 e. The van der Waals surface area contributed by atoms with Crippen LogP contribution in [0.2, 0.25) is 0 Å². The first kappa shape index (κ1) is 23.6. The van der Waals surface area contributed by atoms with Gasteiger partial charge in [-0.25, -0.2) is 0 Å². The highest BCUT2D eigenvalue weighted by Crippen LogP contribution is 2.25. The lowest BCUT2D eigenvalue weighted by molar-refractivity contribution is -0.111. The number of hydrogen-bond acceptors (Lipinski definition) is 3. The van der Waals surface area contributed by atoms with Crippen molar-refractivity contribution in [3.05, 3.63) is 88.5 Å². The van der Waals surface area contributed by atoms with Crippen LogP contribution in [0.15, 0.2) is 60.7 Å². The van der Waals surface area contributed by atoms with Gasteiger partial charge in [0.05, 0.1) is 0 Å². The van der Waals surface area contributed by atoms with Crippen LogP contribution in [0.3, 0.4) is 0 Å². The summed E-state index contributed by atoms with van der Waals surface area (Å²) in [7, 11) is 0.0266. The van der Waals surface area contributed by atoms with Crippen molar-refractivity contribution in [2.75, 3.05) is 5.32 Å². The highest BCUT2D eigenvalue weighted by atomic mass is 31.1. The van der Waals surface area contributed by atoms with Crippen LogP contribution in [0.4, 0.5) is 5.69 Å². The Morgan fingerprint density at radius 1 is 1.03 bits per heavy atom. The fourth-order valence-electron chi connectivity index (χ4n) is 3.83. The number of rotatable bonds is 8. The number of amides is 1. The van der Waals surface area contributed by atoms with Gasteiger partial charge in [-0.05, 0) is 76.9 Å². The van der Waals surface area contributed by atoms with Crippen LogP contribution in [-0.2, 0) is 28.7 Å². The molecule has 0 radical (unpaired) electrons. The van der Waals surface area contributed by atoms with Gasteiger partial charge in [-0.1, -0.05) is 56.3 Å². The Kier molecular flexibility index (Phi) is 8.10. The number of carbonyl (C=O) groups excluding carboxylic acids is 1. The first-order chi connectivity index (χ1) is 15.5. The van der Waals surface area contributed by atoms with E-state index in [2.05, 4.69) is 23.5 Å². The molecule has 0 unspecified atom stereocenters. The molecule has 1 amide bonds. The standard InChI is InChI=1S/C27H29N2O2P/c1-4-21-16-25(18(3)24(5-2)27(21)32-31)29-26(30)14-11-19-7-6-8-23(15-19)22-12-9-20(17-28)10-13-22/h6-16H,4-5,17,28H2,1-3H3,(H,29,30)/b14-11+. The van der Waals surface area contributed by atoms with E-state index in [0.717, 1.165) is 62.8 Å². The van der Waals surface area contributed by atoms with E-state index in [0.29, 0.717) is 6.54 Å². The van der Waals surface area contributed by atoms with Gasteiger partial charge in [-0.15, -0.1) is 0 Å². The molecule has 0 spiro atoms. The van der Waals surface area contributed by atoms with E-state index in [-0.39, 0.29) is 14.4 Å². The summed E-state index contributed by atoms with van der Waals surface area (Å²) in [6, 6.07) is 18.2. The van der Waals surface area contributed by atoms with Crippen molar-refractivity contribution in [3.8, 4) is 11.1 Å². The van der Waals surface area contributed by atoms with Crippen LogP contribution in [-0.4, -0.2) is 5.91 Å². The lowest BCUT2D eigenvalue weighted by Crippen LogP contribution is -2.16. The summed E-state index contributed by atoms with van der Waals surface area (Å²) in [5, 5.41) is 3.84. The predicted octanol–water partition coefficient (Wildman–Crippen LogP) is 5.81. The summed E-state index contributed by atoms with van der Waals surface area (Å²) in [5.41, 5.74) is 13.7. The first-order valence-corrected chi connectivity index (χ1v) is 11.7. The van der Waals surface area contributed by atoms with Gasteiger partial charge in [-0.3, -0.25) is 9.36 Å². The second-order valence-corrected chi connectivity index (χ2v) is 8.31. The number of anilines is 1. The Morgan fingerprint density at radius 2 is 1.78 bits per heavy atom. The van der Waals surface area contributed by atoms with Gasteiger partial charge < -0.3 is 11.1 Å². The van der Waals surface area contributed by atoms with Crippen molar-refractivity contribution in [2.24, 2.45) is 5.73 Å². The van der Waals surface area contributed by atoms with E-state index in [9.17, 15) is 9.36 Å². The van der Waals surface area contributed by atoms with Crippen LogP contribution in [0, 0.1) is 6.92 Å². The van der Waals surface area contributed by atoms with Gasteiger partial charge >= 0.3 is 0 Å². The molecule has 5 heteroatoms. The zero-order valence-electron chi connectivity index (χ0n) is 18.8. The van der Waals surface area contributed by atoms with Crippen molar-refractivity contribution in [2.45, 2.75) is 40.2 Å². The molecular formula is C27H29N2O2P. The largest absolute Gasteiger partial charge is 0.326 e. The molecule has 0 aliphatic heterocycles. The summed E-state index contributed by atoms with van der Waals surface area (Å²) in [5.74, 6) is -0.192. The molecule has 0 aliphatic carbocycles. The van der Waals surface area contributed by atoms with Crippen LogP contribution >= 0.6 is 8.46 Å². The average Bonchev–Trinajstić information content (AvgIpc) is 2.83. The van der Waals surface area contributed by atoms with E-state index in [1.165, 1.54) is 0 Å². The quantitative estimate of drug-likeness (QED) is 0.340. The van der Waals surface area contributed by atoms with Gasteiger partial charge in [0.25, 0.3) is 0 Å². The Hall–Kier alpha value is -3.07. The summed E-state index contributed by atoms with van der Waals surface area (Å²) < 4.78 is 11.7. The van der Waals surface area contributed by atoms with Crippen LogP contribution in [0.25, 0.3) is 17.2 Å². The summed E-state index contributed by atoms with van der Waals surface area (Å²) >= 11 is 0. The Morgan fingerprint density at radius 3 is 2.41 bits per heavy atom. The fraction of sp³-hybridized carbons (Fsp3) is 0.222. The lowest BCUT2D eigenvalue weighted by Gasteiger charge is -2.16. The van der Waals surface area contributed by atoms with Crippen molar-refractivity contribution >= 4 is 31.4 Å². The van der Waals surface area contributed by atoms with E-state index in [1.807, 2.05) is 63.2 Å². The predicted molar refractivity (Wildman–Crippen MR) is 135 cm³/mol. The van der Waals surface area contributed by atoms with E-state index >= 15 is 0 Å². The number of nitrogens with one attached hydrogen (secondary N) is 1. The maximum absolute atomic E-state index is 12.6. The first-order valence-electron chi connectivity index (χ1n) is 10.9. The summed E-state index contributed by atoms with van der Waals surface area (Å²) in [6.45, 7) is 6.56. The molecule has 0 aromatic heterocycles. The molecule has 3 aromatic rings. The molecule has 164 valence electrons. The smallest absolute Gasteiger partial charge is 0.248 e. The molecule has 3 N–H and O–H groups in total. The molecule has 0 heterocycles. The van der Waals surface area contributed by atoms with Crippen LogP contribution < -0.4 is 16.4 Å². The number of benzene rings is 3. The SMILES string of the molecule is CCc1cc(NC(=O)/C=C/c2cccc(-c3ccc(CN)cc3)c2)c(C)c(CC)c1P=O. The molecule has 3 aromatic carbocycles. The second-order valence-electron chi connectivity index (χ2n) is 7.68. The zero-order valence-corrected chi connectivity index (χ0v) is 19.7. The normalized spacial score (nSPS) is 11.2. The molecule has 0 aliphatic rings. The van der Waals surface area contributed by atoms with Gasteiger partial charge in [0.2, 0.25) is 5.91 Å². The Bertz CT molecular complexity index is 1150. The monoisotopic (exact) mass is 444 g/mol. The average molecular weight is 445 g/mol. The zero-order chi connectivity index (χ0) is 23.1. The van der Waals surface area contributed by atoms with Crippen molar-refractivity contribution in [1.82, 2.24) is 0 Å². The van der Waals surface area contributed by atoms with E-state index in [1.54, 1.807) is 6.08 Å². The lowest BCUT2D eigenvalue weighted by atomic mass is 9.99. The summed E-state index contributed by atoms with van der Waals surface area (Å²) in [6.07, 6.45) is 4.89. The number of aryl methyl sites for hydroxylation is 1. The fourth-order valence-corrected chi connectivity index (χ4v) is 4.61. The summed E-state index contributed by atoms with van der Waals surface area (Å²) in [4.78, 5) is 12.6. The van der Waals surface area contributed by atoms with Gasteiger partial charge in [0, 0.05) is 23.6 Å². The van der Waals surface area contributed by atoms with E-state index in [4.69, 9.17) is 5.73 Å². The molecule has 0 atom stereocenters. The third-order valence-electron chi connectivity index (χ3n) is 5.69. The Labute approximate surface area is 191 Å². The minimum absolute atomic E-state index is 0.0266. The molecule has 0 saturated heterocycles.